The summed E-state index contributed by atoms with van der Waals surface area (Å²) in [7, 11) is 0. The zero-order chi connectivity index (χ0) is 12.8. The van der Waals surface area contributed by atoms with Crippen LogP contribution in [0, 0.1) is 0 Å². The highest BCUT2D eigenvalue weighted by atomic mass is 16.5. The molecule has 0 spiro atoms. The molecule has 0 radical (unpaired) electrons. The van der Waals surface area contributed by atoms with E-state index >= 15 is 0 Å². The lowest BCUT2D eigenvalue weighted by molar-refractivity contribution is 0.0877. The molecule has 1 aromatic carbocycles. The highest BCUT2D eigenvalue weighted by Crippen LogP contribution is 2.13. The van der Waals surface area contributed by atoms with Crippen LogP contribution < -0.4 is 5.32 Å². The Kier molecular flexibility index (Phi) is 4.56. The van der Waals surface area contributed by atoms with E-state index in [1.165, 1.54) is 16.5 Å². The first kappa shape index (κ1) is 12.9. The number of hydrogen-bond donors (Lipinski definition) is 2. The van der Waals surface area contributed by atoms with E-state index in [0.29, 0.717) is 6.61 Å². The summed E-state index contributed by atoms with van der Waals surface area (Å²) in [5.74, 6) is 0. The number of H-pyrrole nitrogens is 1. The fourth-order valence-corrected chi connectivity index (χ4v) is 1.92. The highest BCUT2D eigenvalue weighted by Gasteiger charge is 2.01. The van der Waals surface area contributed by atoms with Crippen LogP contribution in [0.4, 0.5) is 0 Å². The maximum absolute atomic E-state index is 5.50. The normalized spacial score (nSPS) is 12.7. The molecule has 0 saturated heterocycles. The predicted molar refractivity (Wildman–Crippen MR) is 75.6 cm³/mol. The Morgan fingerprint density at radius 2 is 2.33 bits per heavy atom. The maximum Gasteiger partial charge on any atom is 0.0675 e. The smallest absolute Gasteiger partial charge is 0.0675 e. The third-order valence-electron chi connectivity index (χ3n) is 2.88. The number of hydrogen-bond acceptors (Lipinski definition) is 2. The van der Waals surface area contributed by atoms with Crippen LogP contribution in [0.1, 0.15) is 12.5 Å². The van der Waals surface area contributed by atoms with E-state index in [4.69, 9.17) is 4.74 Å². The van der Waals surface area contributed by atoms with E-state index in [1.807, 2.05) is 6.20 Å². The summed E-state index contributed by atoms with van der Waals surface area (Å²) >= 11 is 0. The molecule has 18 heavy (non-hydrogen) atoms. The highest BCUT2D eigenvalue weighted by molar-refractivity contribution is 5.79. The van der Waals surface area contributed by atoms with Crippen molar-refractivity contribution in [2.24, 2.45) is 0 Å². The number of nitrogens with one attached hydrogen (secondary N) is 2. The summed E-state index contributed by atoms with van der Waals surface area (Å²) in [5.41, 5.74) is 2.46. The van der Waals surface area contributed by atoms with E-state index in [9.17, 15) is 0 Å². The van der Waals surface area contributed by atoms with Crippen LogP contribution >= 0.6 is 0 Å². The van der Waals surface area contributed by atoms with Gasteiger partial charge >= 0.3 is 0 Å². The third-order valence-corrected chi connectivity index (χ3v) is 2.88. The first-order chi connectivity index (χ1) is 8.79. The Morgan fingerprint density at radius 1 is 1.44 bits per heavy atom. The molecule has 2 N–H and O–H groups in total. The van der Waals surface area contributed by atoms with Gasteiger partial charge in [-0.1, -0.05) is 18.2 Å². The lowest BCUT2D eigenvalue weighted by Gasteiger charge is -2.12. The van der Waals surface area contributed by atoms with Crippen molar-refractivity contribution < 1.29 is 4.74 Å². The Morgan fingerprint density at radius 3 is 3.17 bits per heavy atom. The summed E-state index contributed by atoms with van der Waals surface area (Å²) in [6, 6.07) is 8.55. The van der Waals surface area contributed by atoms with Gasteiger partial charge in [-0.3, -0.25) is 0 Å². The molecule has 1 atom stereocenters. The summed E-state index contributed by atoms with van der Waals surface area (Å²) in [5, 5.41) is 4.65. The molecule has 3 nitrogen and oxygen atoms in total. The van der Waals surface area contributed by atoms with E-state index in [2.05, 4.69) is 48.1 Å². The SMILES string of the molecule is C=CCOC(C)CNCc1ccc2cc[nH]c2c1. The molecule has 2 aromatic rings. The van der Waals surface area contributed by atoms with Gasteiger partial charge in [0, 0.05) is 24.8 Å². The second-order valence-electron chi connectivity index (χ2n) is 4.46. The first-order valence-corrected chi connectivity index (χ1v) is 6.29. The van der Waals surface area contributed by atoms with Gasteiger partial charge in [-0.2, -0.15) is 0 Å². The molecule has 96 valence electrons. The second-order valence-corrected chi connectivity index (χ2v) is 4.46. The lowest BCUT2D eigenvalue weighted by Crippen LogP contribution is -2.26. The molecule has 1 heterocycles. The summed E-state index contributed by atoms with van der Waals surface area (Å²) in [6.45, 7) is 8.01. The van der Waals surface area contributed by atoms with Crippen molar-refractivity contribution in [2.45, 2.75) is 19.6 Å². The Hall–Kier alpha value is -1.58. The summed E-state index contributed by atoms with van der Waals surface area (Å²) < 4.78 is 5.50. The van der Waals surface area contributed by atoms with Crippen LogP contribution in [0.25, 0.3) is 10.9 Å². The average molecular weight is 244 g/mol. The van der Waals surface area contributed by atoms with Gasteiger partial charge in [-0.25, -0.2) is 0 Å². The van der Waals surface area contributed by atoms with E-state index < -0.39 is 0 Å². The molecule has 0 aliphatic rings. The quantitative estimate of drug-likeness (QED) is 0.735. The van der Waals surface area contributed by atoms with Gasteiger partial charge in [0.1, 0.15) is 0 Å². The van der Waals surface area contributed by atoms with Crippen LogP contribution in [0.15, 0.2) is 43.1 Å². The Labute approximate surface area is 108 Å². The largest absolute Gasteiger partial charge is 0.373 e. The number of fused-ring (bicyclic) bond motifs is 1. The minimum absolute atomic E-state index is 0.206. The molecule has 0 bridgehead atoms. The van der Waals surface area contributed by atoms with E-state index in [1.54, 1.807) is 6.08 Å². The zero-order valence-electron chi connectivity index (χ0n) is 10.8. The topological polar surface area (TPSA) is 37.0 Å². The zero-order valence-corrected chi connectivity index (χ0v) is 10.8. The molecule has 0 saturated carbocycles. The number of aromatic amines is 1. The molecule has 2 rings (SSSR count). The van der Waals surface area contributed by atoms with Crippen LogP contribution in [0.5, 0.6) is 0 Å². The lowest BCUT2D eigenvalue weighted by atomic mass is 10.1. The van der Waals surface area contributed by atoms with Crippen molar-refractivity contribution in [2.75, 3.05) is 13.2 Å². The fourth-order valence-electron chi connectivity index (χ4n) is 1.92. The molecule has 0 amide bonds. The van der Waals surface area contributed by atoms with Gasteiger partial charge in [0.25, 0.3) is 0 Å². The van der Waals surface area contributed by atoms with Gasteiger partial charge in [0.2, 0.25) is 0 Å². The van der Waals surface area contributed by atoms with E-state index in [-0.39, 0.29) is 6.10 Å². The molecular weight excluding hydrogens is 224 g/mol. The predicted octanol–water partition coefficient (Wildman–Crippen LogP) is 2.85. The molecule has 0 aliphatic heterocycles. The van der Waals surface area contributed by atoms with Crippen molar-refractivity contribution in [3.63, 3.8) is 0 Å². The minimum atomic E-state index is 0.206. The van der Waals surface area contributed by atoms with Gasteiger partial charge in [-0.05, 0) is 30.0 Å². The Bertz CT molecular complexity index is 504. The van der Waals surface area contributed by atoms with Crippen molar-refractivity contribution in [3.05, 3.63) is 48.7 Å². The summed E-state index contributed by atoms with van der Waals surface area (Å²) in [4.78, 5) is 3.22. The van der Waals surface area contributed by atoms with Crippen LogP contribution in [0.2, 0.25) is 0 Å². The maximum atomic E-state index is 5.50. The fraction of sp³-hybridized carbons (Fsp3) is 0.333. The van der Waals surface area contributed by atoms with Gasteiger partial charge < -0.3 is 15.0 Å². The second kappa shape index (κ2) is 6.38. The molecular formula is C15H20N2O. The molecule has 0 aliphatic carbocycles. The number of rotatable bonds is 7. The van der Waals surface area contributed by atoms with Crippen molar-refractivity contribution in [3.8, 4) is 0 Å². The van der Waals surface area contributed by atoms with Crippen LogP contribution in [-0.4, -0.2) is 24.2 Å². The standard InChI is InChI=1S/C15H20N2O/c1-3-8-18-12(2)10-16-11-13-4-5-14-6-7-17-15(14)9-13/h3-7,9,12,16-17H,1,8,10-11H2,2H3. The number of aromatic nitrogens is 1. The van der Waals surface area contributed by atoms with Gasteiger partial charge in [0.15, 0.2) is 0 Å². The third kappa shape index (κ3) is 3.45. The average Bonchev–Trinajstić information content (AvgIpc) is 2.83. The van der Waals surface area contributed by atoms with Crippen LogP contribution in [0.3, 0.4) is 0 Å². The van der Waals surface area contributed by atoms with Crippen molar-refractivity contribution >= 4 is 10.9 Å². The van der Waals surface area contributed by atoms with Crippen LogP contribution in [-0.2, 0) is 11.3 Å². The minimum Gasteiger partial charge on any atom is -0.373 e. The van der Waals surface area contributed by atoms with Crippen molar-refractivity contribution in [1.82, 2.24) is 10.3 Å². The molecule has 0 fully saturated rings. The monoisotopic (exact) mass is 244 g/mol. The number of ether oxygens (including phenoxy) is 1. The number of benzene rings is 1. The van der Waals surface area contributed by atoms with Crippen molar-refractivity contribution in [1.29, 1.82) is 0 Å². The molecule has 1 aromatic heterocycles. The Balaban J connectivity index is 1.80. The first-order valence-electron chi connectivity index (χ1n) is 6.29. The molecule has 3 heteroatoms. The molecule has 1 unspecified atom stereocenters. The van der Waals surface area contributed by atoms with Gasteiger partial charge in [-0.15, -0.1) is 6.58 Å². The van der Waals surface area contributed by atoms with E-state index in [0.717, 1.165) is 13.1 Å². The van der Waals surface area contributed by atoms with Gasteiger partial charge in [0.05, 0.1) is 12.7 Å². The summed E-state index contributed by atoms with van der Waals surface area (Å²) in [6.07, 6.45) is 3.94.